The van der Waals surface area contributed by atoms with Crippen LogP contribution in [0.15, 0.2) is 30.3 Å². The molecule has 0 bridgehead atoms. The Labute approximate surface area is 172 Å². The van der Waals surface area contributed by atoms with E-state index >= 15 is 0 Å². The van der Waals surface area contributed by atoms with Crippen molar-refractivity contribution in [3.63, 3.8) is 0 Å². The molecule has 0 aromatic heterocycles. The average Bonchev–Trinajstić information content (AvgIpc) is 3.32. The van der Waals surface area contributed by atoms with Gasteiger partial charge >= 0.3 is 6.09 Å². The lowest BCUT2D eigenvalue weighted by Crippen LogP contribution is -2.66. The Morgan fingerprint density at radius 3 is 2.55 bits per heavy atom. The first-order chi connectivity index (χ1) is 14.1. The molecule has 6 heteroatoms. The van der Waals surface area contributed by atoms with Gasteiger partial charge in [-0.15, -0.1) is 0 Å². The highest BCUT2D eigenvalue weighted by atomic mass is 16.6. The van der Waals surface area contributed by atoms with Gasteiger partial charge in [-0.25, -0.2) is 4.79 Å². The molecule has 29 heavy (non-hydrogen) atoms. The third-order valence-corrected chi connectivity index (χ3v) is 7.40. The highest BCUT2D eigenvalue weighted by molar-refractivity contribution is 5.82. The van der Waals surface area contributed by atoms with Crippen molar-refractivity contribution in [3.8, 4) is 0 Å². The van der Waals surface area contributed by atoms with Crippen molar-refractivity contribution in [3.05, 3.63) is 35.9 Å². The van der Waals surface area contributed by atoms with Gasteiger partial charge in [0.15, 0.2) is 5.60 Å². The van der Waals surface area contributed by atoms with E-state index in [0.29, 0.717) is 31.5 Å². The second kappa shape index (κ2) is 7.63. The van der Waals surface area contributed by atoms with Gasteiger partial charge in [0.2, 0.25) is 5.91 Å². The van der Waals surface area contributed by atoms with Crippen LogP contribution in [0.25, 0.3) is 0 Å². The summed E-state index contributed by atoms with van der Waals surface area (Å²) in [4.78, 5) is 29.3. The van der Waals surface area contributed by atoms with Crippen LogP contribution in [0.5, 0.6) is 0 Å². The third-order valence-electron chi connectivity index (χ3n) is 7.40. The summed E-state index contributed by atoms with van der Waals surface area (Å²) in [7, 11) is 0. The van der Waals surface area contributed by atoms with Crippen LogP contribution >= 0.6 is 0 Å². The fourth-order valence-corrected chi connectivity index (χ4v) is 5.90. The molecule has 1 aromatic rings. The molecule has 3 aliphatic heterocycles. The van der Waals surface area contributed by atoms with E-state index < -0.39 is 5.60 Å². The summed E-state index contributed by atoms with van der Waals surface area (Å²) in [6.07, 6.45) is 6.11. The van der Waals surface area contributed by atoms with Crippen LogP contribution in [0, 0.1) is 17.8 Å². The summed E-state index contributed by atoms with van der Waals surface area (Å²) >= 11 is 0. The summed E-state index contributed by atoms with van der Waals surface area (Å²) in [6.45, 7) is 4.38. The molecular formula is C23H31N3O3. The van der Waals surface area contributed by atoms with Crippen LogP contribution in [-0.2, 0) is 16.1 Å². The molecule has 1 aromatic carbocycles. The number of ether oxygens (including phenoxy) is 1. The van der Waals surface area contributed by atoms with Gasteiger partial charge < -0.3 is 15.0 Å². The van der Waals surface area contributed by atoms with Crippen LogP contribution in [0.2, 0.25) is 0 Å². The highest BCUT2D eigenvalue weighted by Gasteiger charge is 2.54. The Hall–Kier alpha value is -2.08. The van der Waals surface area contributed by atoms with Crippen molar-refractivity contribution in [2.75, 3.05) is 32.7 Å². The molecule has 2 amide bonds. The van der Waals surface area contributed by atoms with Gasteiger partial charge in [-0.05, 0) is 17.4 Å². The minimum absolute atomic E-state index is 0.0734. The topological polar surface area (TPSA) is 61.9 Å². The lowest BCUT2D eigenvalue weighted by atomic mass is 9.74. The van der Waals surface area contributed by atoms with E-state index in [1.165, 1.54) is 37.7 Å². The maximum atomic E-state index is 13.4. The number of nitrogens with one attached hydrogen (secondary N) is 1. The molecule has 4 fully saturated rings. The zero-order valence-electron chi connectivity index (χ0n) is 17.0. The zero-order valence-corrected chi connectivity index (χ0v) is 17.0. The van der Waals surface area contributed by atoms with Gasteiger partial charge in [0.05, 0.1) is 25.6 Å². The standard InChI is InChI=1S/C23H31N3O3/c27-21(26-15-23(16-26)14-24-22(28)29-23)20-13-25(11-17-7-3-1-4-8-17)12-19(20)18-9-5-2-6-10-18/h1,3-4,7-8,18-20H,2,5-6,9-16H2,(H,24,28)/t19-,20+/m0/s1. The fourth-order valence-electron chi connectivity index (χ4n) is 5.90. The number of benzene rings is 1. The molecule has 1 aliphatic carbocycles. The predicted octanol–water partition coefficient (Wildman–Crippen LogP) is 2.64. The first-order valence-electron chi connectivity index (χ1n) is 11.1. The van der Waals surface area contributed by atoms with Crippen molar-refractivity contribution in [1.29, 1.82) is 0 Å². The zero-order chi connectivity index (χ0) is 19.8. The second-order valence-electron chi connectivity index (χ2n) is 9.47. The molecule has 1 spiro atoms. The highest BCUT2D eigenvalue weighted by Crippen LogP contribution is 2.41. The lowest BCUT2D eigenvalue weighted by molar-refractivity contribution is -0.155. The van der Waals surface area contributed by atoms with E-state index in [9.17, 15) is 9.59 Å². The van der Waals surface area contributed by atoms with Crippen LogP contribution in [-0.4, -0.2) is 60.1 Å². The van der Waals surface area contributed by atoms with Crippen molar-refractivity contribution >= 4 is 12.0 Å². The summed E-state index contributed by atoms with van der Waals surface area (Å²) < 4.78 is 5.42. The average molecular weight is 398 g/mol. The number of hydrogen-bond acceptors (Lipinski definition) is 4. The SMILES string of the molecule is O=C1NCC2(CN(C(=O)[C@@H]3CN(Cc4ccccc4)C[C@H]3C3CCCCC3)C2)O1. The number of likely N-dealkylation sites (tertiary alicyclic amines) is 2. The molecule has 0 unspecified atom stereocenters. The Balaban J connectivity index is 1.27. The van der Waals surface area contributed by atoms with Gasteiger partial charge in [-0.2, -0.15) is 0 Å². The molecule has 2 atom stereocenters. The van der Waals surface area contributed by atoms with Crippen molar-refractivity contribution in [2.24, 2.45) is 17.8 Å². The Kier molecular flexibility index (Phi) is 4.98. The fraction of sp³-hybridized carbons (Fsp3) is 0.652. The number of alkyl carbamates (subject to hydrolysis) is 1. The minimum atomic E-state index is -0.477. The number of hydrogen-bond donors (Lipinski definition) is 1. The van der Waals surface area contributed by atoms with Gasteiger partial charge in [0.25, 0.3) is 0 Å². The smallest absolute Gasteiger partial charge is 0.408 e. The summed E-state index contributed by atoms with van der Waals surface area (Å²) in [6, 6.07) is 10.6. The summed E-state index contributed by atoms with van der Waals surface area (Å²) in [5.74, 6) is 1.46. The van der Waals surface area contributed by atoms with Crippen LogP contribution in [0.1, 0.15) is 37.7 Å². The van der Waals surface area contributed by atoms with Gasteiger partial charge in [0.1, 0.15) is 0 Å². The van der Waals surface area contributed by atoms with Crippen molar-refractivity contribution in [1.82, 2.24) is 15.1 Å². The second-order valence-corrected chi connectivity index (χ2v) is 9.47. The molecule has 6 nitrogen and oxygen atoms in total. The molecule has 3 saturated heterocycles. The van der Waals surface area contributed by atoms with Crippen molar-refractivity contribution < 1.29 is 14.3 Å². The van der Waals surface area contributed by atoms with Crippen molar-refractivity contribution in [2.45, 2.75) is 44.2 Å². The van der Waals surface area contributed by atoms with Gasteiger partial charge in [-0.3, -0.25) is 9.69 Å². The maximum Gasteiger partial charge on any atom is 0.408 e. The van der Waals surface area contributed by atoms with Gasteiger partial charge in [-0.1, -0.05) is 62.4 Å². The Morgan fingerprint density at radius 1 is 1.10 bits per heavy atom. The molecular weight excluding hydrogens is 366 g/mol. The quantitative estimate of drug-likeness (QED) is 0.849. The van der Waals surface area contributed by atoms with Gasteiger partial charge in [0, 0.05) is 19.6 Å². The molecule has 1 N–H and O–H groups in total. The van der Waals surface area contributed by atoms with E-state index in [2.05, 4.69) is 40.5 Å². The third kappa shape index (κ3) is 3.75. The first-order valence-corrected chi connectivity index (χ1v) is 11.1. The summed E-state index contributed by atoms with van der Waals surface area (Å²) in [5, 5.41) is 2.73. The minimum Gasteiger partial charge on any atom is -0.437 e. The van der Waals surface area contributed by atoms with E-state index in [0.717, 1.165) is 19.6 Å². The van der Waals surface area contributed by atoms with E-state index in [1.807, 2.05) is 4.90 Å². The monoisotopic (exact) mass is 397 g/mol. The number of rotatable bonds is 4. The van der Waals surface area contributed by atoms with Crippen LogP contribution < -0.4 is 5.32 Å². The lowest BCUT2D eigenvalue weighted by Gasteiger charge is -2.47. The molecule has 4 aliphatic rings. The Bertz CT molecular complexity index is 756. The normalized spacial score (nSPS) is 29.5. The summed E-state index contributed by atoms with van der Waals surface area (Å²) in [5.41, 5.74) is 0.838. The van der Waals surface area contributed by atoms with Crippen LogP contribution in [0.3, 0.4) is 0 Å². The molecule has 5 rings (SSSR count). The van der Waals surface area contributed by atoms with E-state index in [-0.39, 0.29) is 17.9 Å². The van der Waals surface area contributed by atoms with E-state index in [1.54, 1.807) is 0 Å². The van der Waals surface area contributed by atoms with E-state index in [4.69, 9.17) is 4.74 Å². The first kappa shape index (κ1) is 18.9. The molecule has 0 radical (unpaired) electrons. The molecule has 3 heterocycles. The largest absolute Gasteiger partial charge is 0.437 e. The number of carbonyl (C=O) groups is 2. The molecule has 156 valence electrons. The Morgan fingerprint density at radius 2 is 1.86 bits per heavy atom. The number of carbonyl (C=O) groups excluding carboxylic acids is 2. The predicted molar refractivity (Wildman–Crippen MR) is 109 cm³/mol. The molecule has 1 saturated carbocycles. The number of amides is 2. The number of nitrogens with zero attached hydrogens (tertiary/aromatic N) is 2. The maximum absolute atomic E-state index is 13.4. The van der Waals surface area contributed by atoms with Crippen LogP contribution in [0.4, 0.5) is 4.79 Å².